The number of anilines is 2. The van der Waals surface area contributed by atoms with E-state index in [0.717, 1.165) is 5.56 Å². The molecule has 0 radical (unpaired) electrons. The fraction of sp³-hybridized carbons (Fsp3) is 0.444. The molecule has 10 heteroatoms. The van der Waals surface area contributed by atoms with E-state index in [1.54, 1.807) is 24.3 Å². The Morgan fingerprint density at radius 1 is 1.08 bits per heavy atom. The number of allylic oxidation sites excluding steroid dienone is 1. The first-order valence-electron chi connectivity index (χ1n) is 12.4. The standard InChI is InChI=1S/C27H34N2O8/c1-2-34-27-19(9-11-32-13-14-33-12-10-30)20(18-7-8-23-24(15-18)36-17-35-23)16-25(37-27)26(31)29-22-6-4-3-5-21(22)28/h3-8,15-16,19-20,27,30H,2,9-14,17,28H2,1H3,(H,29,31)/t19-,20+,27+/m1/s1. The predicted octanol–water partition coefficient (Wildman–Crippen LogP) is 3.03. The van der Waals surface area contributed by atoms with E-state index in [1.807, 2.05) is 31.2 Å². The Balaban J connectivity index is 1.56. The van der Waals surface area contributed by atoms with Crippen LogP contribution in [0.2, 0.25) is 0 Å². The van der Waals surface area contributed by atoms with Gasteiger partial charge in [-0.15, -0.1) is 0 Å². The Morgan fingerprint density at radius 2 is 1.86 bits per heavy atom. The van der Waals surface area contributed by atoms with Crippen LogP contribution in [0.5, 0.6) is 11.5 Å². The first-order valence-corrected chi connectivity index (χ1v) is 12.4. The second kappa shape index (κ2) is 13.3. The number of nitrogen functional groups attached to an aromatic ring is 1. The van der Waals surface area contributed by atoms with Crippen LogP contribution in [0.1, 0.15) is 24.8 Å². The third kappa shape index (κ3) is 6.92. The average Bonchev–Trinajstić information content (AvgIpc) is 3.38. The molecule has 0 spiro atoms. The second-order valence-electron chi connectivity index (χ2n) is 8.55. The van der Waals surface area contributed by atoms with Crippen molar-refractivity contribution in [3.63, 3.8) is 0 Å². The molecule has 1 amide bonds. The minimum atomic E-state index is -0.673. The van der Waals surface area contributed by atoms with E-state index in [4.69, 9.17) is 39.3 Å². The van der Waals surface area contributed by atoms with E-state index in [2.05, 4.69) is 5.32 Å². The largest absolute Gasteiger partial charge is 0.459 e. The van der Waals surface area contributed by atoms with Gasteiger partial charge in [-0.2, -0.15) is 0 Å². The smallest absolute Gasteiger partial charge is 0.290 e. The summed E-state index contributed by atoms with van der Waals surface area (Å²) in [7, 11) is 0. The summed E-state index contributed by atoms with van der Waals surface area (Å²) in [5, 5.41) is 11.7. The SMILES string of the molecule is CCO[C@H]1OC(C(=O)Nc2ccccc2N)=C[C@@H](c2ccc3c(c2)OCO3)[C@H]1CCOCCOCCO. The number of nitrogens with one attached hydrogen (secondary N) is 1. The molecule has 0 fully saturated rings. The summed E-state index contributed by atoms with van der Waals surface area (Å²) < 4.78 is 34.1. The van der Waals surface area contributed by atoms with Crippen LogP contribution in [0.4, 0.5) is 11.4 Å². The normalized spacial score (nSPS) is 20.3. The number of hydrogen-bond acceptors (Lipinski definition) is 9. The zero-order valence-corrected chi connectivity index (χ0v) is 20.9. The first-order chi connectivity index (χ1) is 18.1. The Hall–Kier alpha value is -3.31. The van der Waals surface area contributed by atoms with Gasteiger partial charge in [-0.1, -0.05) is 18.2 Å². The molecule has 0 aliphatic carbocycles. The van der Waals surface area contributed by atoms with Gasteiger partial charge in [0.15, 0.2) is 17.3 Å². The number of carbonyl (C=O) groups is 1. The van der Waals surface area contributed by atoms with Crippen molar-refractivity contribution >= 4 is 17.3 Å². The molecule has 0 unspecified atom stereocenters. The highest BCUT2D eigenvalue weighted by molar-refractivity contribution is 6.04. The lowest BCUT2D eigenvalue weighted by Crippen LogP contribution is -2.38. The molecule has 2 aromatic carbocycles. The van der Waals surface area contributed by atoms with Gasteiger partial charge in [0.2, 0.25) is 13.1 Å². The first kappa shape index (κ1) is 26.7. The number of nitrogens with two attached hydrogens (primary N) is 1. The lowest BCUT2D eigenvalue weighted by atomic mass is 9.81. The Kier molecular flexibility index (Phi) is 9.61. The molecule has 2 aliphatic heterocycles. The summed E-state index contributed by atoms with van der Waals surface area (Å²) >= 11 is 0. The van der Waals surface area contributed by atoms with Crippen LogP contribution >= 0.6 is 0 Å². The number of amides is 1. The molecule has 2 aromatic rings. The highest BCUT2D eigenvalue weighted by Gasteiger charge is 2.38. The molecule has 4 rings (SSSR count). The maximum atomic E-state index is 13.2. The molecule has 2 heterocycles. The summed E-state index contributed by atoms with van der Waals surface area (Å²) in [6.45, 7) is 3.97. The molecule has 0 saturated carbocycles. The Morgan fingerprint density at radius 3 is 2.65 bits per heavy atom. The molecule has 37 heavy (non-hydrogen) atoms. The molecule has 0 aromatic heterocycles. The topological polar surface area (TPSA) is 131 Å². The van der Waals surface area contributed by atoms with Crippen LogP contribution in [-0.4, -0.2) is 63.7 Å². The van der Waals surface area contributed by atoms with E-state index in [0.29, 0.717) is 55.7 Å². The molecule has 200 valence electrons. The van der Waals surface area contributed by atoms with Crippen molar-refractivity contribution in [3.8, 4) is 11.5 Å². The van der Waals surface area contributed by atoms with Gasteiger partial charge in [0.25, 0.3) is 5.91 Å². The summed E-state index contributed by atoms with van der Waals surface area (Å²) in [6.07, 6.45) is 1.76. The average molecular weight is 515 g/mol. The predicted molar refractivity (Wildman–Crippen MR) is 136 cm³/mol. The summed E-state index contributed by atoms with van der Waals surface area (Å²) in [5.41, 5.74) is 7.91. The van der Waals surface area contributed by atoms with E-state index < -0.39 is 12.2 Å². The molecule has 3 atom stereocenters. The highest BCUT2D eigenvalue weighted by atomic mass is 16.7. The number of rotatable bonds is 13. The monoisotopic (exact) mass is 514 g/mol. The van der Waals surface area contributed by atoms with E-state index in [1.165, 1.54) is 0 Å². The van der Waals surface area contributed by atoms with Crippen molar-refractivity contribution in [3.05, 3.63) is 59.9 Å². The van der Waals surface area contributed by atoms with Crippen molar-refractivity contribution in [2.45, 2.75) is 25.6 Å². The number of benzene rings is 2. The molecular formula is C27H34N2O8. The summed E-state index contributed by atoms with van der Waals surface area (Å²) in [5.74, 6) is 0.717. The maximum absolute atomic E-state index is 13.2. The van der Waals surface area contributed by atoms with E-state index >= 15 is 0 Å². The molecular weight excluding hydrogens is 480 g/mol. The number of aliphatic hydroxyl groups excluding tert-OH is 1. The van der Waals surface area contributed by atoms with Crippen molar-refractivity contribution in [1.82, 2.24) is 0 Å². The summed E-state index contributed by atoms with van der Waals surface area (Å²) in [6, 6.07) is 12.8. The van der Waals surface area contributed by atoms with Crippen molar-refractivity contribution in [2.75, 3.05) is 57.5 Å². The number of para-hydroxylation sites is 2. The lowest BCUT2D eigenvalue weighted by Gasteiger charge is -2.37. The van der Waals surface area contributed by atoms with Crippen LogP contribution in [-0.2, 0) is 23.7 Å². The lowest BCUT2D eigenvalue weighted by molar-refractivity contribution is -0.166. The molecule has 0 bridgehead atoms. The van der Waals surface area contributed by atoms with Crippen LogP contribution in [0.15, 0.2) is 54.3 Å². The fourth-order valence-electron chi connectivity index (χ4n) is 4.34. The fourth-order valence-corrected chi connectivity index (χ4v) is 4.34. The highest BCUT2D eigenvalue weighted by Crippen LogP contribution is 2.42. The van der Waals surface area contributed by atoms with Gasteiger partial charge in [-0.3, -0.25) is 4.79 Å². The minimum Gasteiger partial charge on any atom is -0.459 e. The number of carbonyl (C=O) groups excluding carboxylic acids is 1. The van der Waals surface area contributed by atoms with Crippen molar-refractivity contribution in [2.24, 2.45) is 5.92 Å². The third-order valence-electron chi connectivity index (χ3n) is 6.13. The van der Waals surface area contributed by atoms with Gasteiger partial charge in [0.05, 0.1) is 37.8 Å². The number of aliphatic hydroxyl groups is 1. The third-order valence-corrected chi connectivity index (χ3v) is 6.13. The number of hydrogen-bond donors (Lipinski definition) is 3. The maximum Gasteiger partial charge on any atom is 0.290 e. The zero-order valence-electron chi connectivity index (χ0n) is 20.9. The zero-order chi connectivity index (χ0) is 26.0. The molecule has 2 aliphatic rings. The van der Waals surface area contributed by atoms with Crippen LogP contribution in [0.25, 0.3) is 0 Å². The quantitative estimate of drug-likeness (QED) is 0.273. The number of fused-ring (bicyclic) bond motifs is 1. The van der Waals surface area contributed by atoms with Crippen LogP contribution < -0.4 is 20.5 Å². The van der Waals surface area contributed by atoms with Gasteiger partial charge in [-0.25, -0.2) is 0 Å². The van der Waals surface area contributed by atoms with E-state index in [-0.39, 0.29) is 37.6 Å². The molecule has 4 N–H and O–H groups in total. The van der Waals surface area contributed by atoms with Gasteiger partial charge < -0.3 is 44.6 Å². The minimum absolute atomic E-state index is 0.0221. The van der Waals surface area contributed by atoms with Gasteiger partial charge in [0, 0.05) is 25.0 Å². The van der Waals surface area contributed by atoms with E-state index in [9.17, 15) is 4.79 Å². The van der Waals surface area contributed by atoms with Gasteiger partial charge in [0.1, 0.15) is 0 Å². The van der Waals surface area contributed by atoms with Crippen LogP contribution in [0, 0.1) is 5.92 Å². The van der Waals surface area contributed by atoms with Gasteiger partial charge in [-0.05, 0) is 49.2 Å². The Bertz CT molecular complexity index is 1080. The van der Waals surface area contributed by atoms with Crippen LogP contribution in [0.3, 0.4) is 0 Å². The second-order valence-corrected chi connectivity index (χ2v) is 8.55. The molecule has 10 nitrogen and oxygen atoms in total. The van der Waals surface area contributed by atoms with Gasteiger partial charge >= 0.3 is 0 Å². The van der Waals surface area contributed by atoms with Crippen molar-refractivity contribution < 1.29 is 38.3 Å². The summed E-state index contributed by atoms with van der Waals surface area (Å²) in [4.78, 5) is 13.2. The number of ether oxygens (including phenoxy) is 6. The molecule has 0 saturated heterocycles. The Labute approximate surface area is 216 Å². The van der Waals surface area contributed by atoms with Crippen molar-refractivity contribution in [1.29, 1.82) is 0 Å².